The van der Waals surface area contributed by atoms with E-state index in [1.807, 2.05) is 0 Å². The molecule has 0 bridgehead atoms. The van der Waals surface area contributed by atoms with E-state index in [1.165, 1.54) is 0 Å². The molecule has 12 heavy (non-hydrogen) atoms. The quantitative estimate of drug-likeness (QED) is 0.584. The molecule has 1 aromatic rings. The highest BCUT2D eigenvalue weighted by Crippen LogP contribution is 2.00. The Morgan fingerprint density at radius 2 is 2.42 bits per heavy atom. The van der Waals surface area contributed by atoms with Gasteiger partial charge >= 0.3 is 0 Å². The van der Waals surface area contributed by atoms with Crippen LogP contribution in [-0.4, -0.2) is 10.3 Å². The zero-order valence-corrected chi connectivity index (χ0v) is 8.13. The van der Waals surface area contributed by atoms with Crippen LogP contribution in [0, 0.1) is 11.8 Å². The fraction of sp³-hybridized carbons (Fsp3) is 0.222. The van der Waals surface area contributed by atoms with Crippen molar-refractivity contribution in [1.29, 1.82) is 0 Å². The highest BCUT2D eigenvalue weighted by atomic mass is 79.9. The van der Waals surface area contributed by atoms with Crippen LogP contribution in [0.2, 0.25) is 0 Å². The molecule has 0 aliphatic heterocycles. The molecule has 3 heteroatoms. The molecule has 1 heterocycles. The summed E-state index contributed by atoms with van der Waals surface area (Å²) in [5.74, 6) is 5.88. The molecule has 0 saturated carbocycles. The van der Waals surface area contributed by atoms with Crippen molar-refractivity contribution in [3.05, 3.63) is 24.0 Å². The molecule has 62 valence electrons. The summed E-state index contributed by atoms with van der Waals surface area (Å²) in [5.41, 5.74) is 6.98. The van der Waals surface area contributed by atoms with Crippen molar-refractivity contribution in [3.8, 4) is 11.8 Å². The first kappa shape index (κ1) is 9.08. The molecule has 0 aliphatic carbocycles. The van der Waals surface area contributed by atoms with E-state index in [1.54, 1.807) is 18.3 Å². The van der Waals surface area contributed by atoms with Gasteiger partial charge in [-0.15, -0.1) is 0 Å². The number of anilines is 1. The Kier molecular flexibility index (Phi) is 3.62. The molecule has 2 N–H and O–H groups in total. The van der Waals surface area contributed by atoms with Gasteiger partial charge in [-0.25, -0.2) is 4.98 Å². The second kappa shape index (κ2) is 4.78. The smallest absolute Gasteiger partial charge is 0.115 e. The van der Waals surface area contributed by atoms with Crippen LogP contribution < -0.4 is 5.73 Å². The van der Waals surface area contributed by atoms with Gasteiger partial charge in [0.25, 0.3) is 0 Å². The molecule has 0 amide bonds. The second-order valence-electron chi connectivity index (χ2n) is 2.22. The number of rotatable bonds is 1. The van der Waals surface area contributed by atoms with Crippen molar-refractivity contribution < 1.29 is 0 Å². The molecular formula is C9H9BrN2. The Balaban J connectivity index is 2.71. The summed E-state index contributed by atoms with van der Waals surface area (Å²) in [6, 6.07) is 3.51. The first-order chi connectivity index (χ1) is 5.83. The van der Waals surface area contributed by atoms with E-state index in [0.717, 1.165) is 17.4 Å². The molecule has 0 spiro atoms. The van der Waals surface area contributed by atoms with Crippen LogP contribution in [0.15, 0.2) is 18.3 Å². The summed E-state index contributed by atoms with van der Waals surface area (Å²) in [4.78, 5) is 4.04. The Morgan fingerprint density at radius 3 is 3.08 bits per heavy atom. The van der Waals surface area contributed by atoms with Crippen molar-refractivity contribution in [2.45, 2.75) is 6.42 Å². The van der Waals surface area contributed by atoms with Crippen LogP contribution in [0.1, 0.15) is 12.1 Å². The predicted octanol–water partition coefficient (Wildman–Crippen LogP) is 1.80. The molecule has 0 fully saturated rings. The number of nitrogens with zero attached hydrogens (tertiary/aromatic N) is 1. The Bertz CT molecular complexity index is 312. The summed E-state index contributed by atoms with van der Waals surface area (Å²) in [5, 5.41) is 0.891. The van der Waals surface area contributed by atoms with Gasteiger partial charge in [0.15, 0.2) is 0 Å². The van der Waals surface area contributed by atoms with Gasteiger partial charge in [0, 0.05) is 23.6 Å². The highest BCUT2D eigenvalue weighted by Gasteiger charge is 1.87. The molecule has 0 saturated heterocycles. The molecule has 0 aliphatic rings. The van der Waals surface area contributed by atoms with Crippen molar-refractivity contribution in [2.24, 2.45) is 0 Å². The average molecular weight is 225 g/mol. The van der Waals surface area contributed by atoms with Gasteiger partial charge in [0.1, 0.15) is 5.69 Å². The zero-order chi connectivity index (χ0) is 8.81. The molecule has 1 rings (SSSR count). The Hall–Kier alpha value is -1.01. The van der Waals surface area contributed by atoms with Gasteiger partial charge in [-0.05, 0) is 18.1 Å². The number of aromatic nitrogens is 1. The van der Waals surface area contributed by atoms with Crippen LogP contribution in [0.4, 0.5) is 5.69 Å². The molecule has 0 atom stereocenters. The first-order valence-corrected chi connectivity index (χ1v) is 4.71. The minimum absolute atomic E-state index is 0.702. The average Bonchev–Trinajstić information content (AvgIpc) is 2.05. The largest absolute Gasteiger partial charge is 0.399 e. The maximum atomic E-state index is 5.55. The first-order valence-electron chi connectivity index (χ1n) is 3.59. The lowest BCUT2D eigenvalue weighted by atomic mass is 10.3. The fourth-order valence-electron chi connectivity index (χ4n) is 0.716. The molecule has 0 radical (unpaired) electrons. The molecule has 0 unspecified atom stereocenters. The van der Waals surface area contributed by atoms with E-state index >= 15 is 0 Å². The van der Waals surface area contributed by atoms with E-state index in [4.69, 9.17) is 5.73 Å². The van der Waals surface area contributed by atoms with Gasteiger partial charge < -0.3 is 5.73 Å². The van der Waals surface area contributed by atoms with Gasteiger partial charge in [-0.3, -0.25) is 0 Å². The van der Waals surface area contributed by atoms with Crippen molar-refractivity contribution in [1.82, 2.24) is 4.98 Å². The Morgan fingerprint density at radius 1 is 1.58 bits per heavy atom. The van der Waals surface area contributed by atoms with Gasteiger partial charge in [-0.1, -0.05) is 21.9 Å². The minimum atomic E-state index is 0.702. The van der Waals surface area contributed by atoms with Crippen molar-refractivity contribution >= 4 is 21.6 Å². The van der Waals surface area contributed by atoms with E-state index in [0.29, 0.717) is 5.69 Å². The van der Waals surface area contributed by atoms with Crippen LogP contribution in [0.5, 0.6) is 0 Å². The third-order valence-corrected chi connectivity index (χ3v) is 1.62. The third-order valence-electron chi connectivity index (χ3n) is 1.22. The summed E-state index contributed by atoms with van der Waals surface area (Å²) in [6.07, 6.45) is 2.49. The fourth-order valence-corrected chi connectivity index (χ4v) is 0.914. The maximum Gasteiger partial charge on any atom is 0.115 e. The van der Waals surface area contributed by atoms with Gasteiger partial charge in [-0.2, -0.15) is 0 Å². The van der Waals surface area contributed by atoms with E-state index in [9.17, 15) is 0 Å². The normalized spacial score (nSPS) is 8.75. The number of hydrogen-bond donors (Lipinski definition) is 1. The predicted molar refractivity (Wildman–Crippen MR) is 53.9 cm³/mol. The number of pyridine rings is 1. The number of nitrogens with two attached hydrogens (primary N) is 1. The van der Waals surface area contributed by atoms with Crippen molar-refractivity contribution in [3.63, 3.8) is 0 Å². The minimum Gasteiger partial charge on any atom is -0.399 e. The standard InChI is InChI=1S/C9H9BrN2/c10-5-2-1-3-9-7-8(11)4-6-12-9/h4,6-7H,2,5H2,(H2,11,12). The number of hydrogen-bond acceptors (Lipinski definition) is 2. The summed E-state index contributed by atoms with van der Waals surface area (Å²) < 4.78 is 0. The van der Waals surface area contributed by atoms with E-state index in [-0.39, 0.29) is 0 Å². The van der Waals surface area contributed by atoms with Crippen molar-refractivity contribution in [2.75, 3.05) is 11.1 Å². The third kappa shape index (κ3) is 2.93. The molecule has 2 nitrogen and oxygen atoms in total. The van der Waals surface area contributed by atoms with E-state index < -0.39 is 0 Å². The van der Waals surface area contributed by atoms with Gasteiger partial charge in [0.2, 0.25) is 0 Å². The van der Waals surface area contributed by atoms with Crippen LogP contribution in [-0.2, 0) is 0 Å². The number of halogens is 1. The molecular weight excluding hydrogens is 216 g/mol. The zero-order valence-electron chi connectivity index (χ0n) is 6.55. The monoisotopic (exact) mass is 224 g/mol. The van der Waals surface area contributed by atoms with Gasteiger partial charge in [0.05, 0.1) is 0 Å². The van der Waals surface area contributed by atoms with E-state index in [2.05, 4.69) is 32.8 Å². The lowest BCUT2D eigenvalue weighted by Crippen LogP contribution is -1.87. The number of nitrogen functional groups attached to an aromatic ring is 1. The lowest BCUT2D eigenvalue weighted by molar-refractivity contribution is 1.27. The summed E-state index contributed by atoms with van der Waals surface area (Å²) in [7, 11) is 0. The lowest BCUT2D eigenvalue weighted by Gasteiger charge is -1.91. The summed E-state index contributed by atoms with van der Waals surface area (Å²) in [6.45, 7) is 0. The van der Waals surface area contributed by atoms with Crippen LogP contribution in [0.3, 0.4) is 0 Å². The van der Waals surface area contributed by atoms with Crippen LogP contribution >= 0.6 is 15.9 Å². The second-order valence-corrected chi connectivity index (χ2v) is 3.01. The van der Waals surface area contributed by atoms with Crippen LogP contribution in [0.25, 0.3) is 0 Å². The maximum absolute atomic E-state index is 5.55. The SMILES string of the molecule is Nc1ccnc(C#CCCBr)c1. The number of alkyl halides is 1. The molecule has 0 aromatic carbocycles. The summed E-state index contributed by atoms with van der Waals surface area (Å²) >= 11 is 3.29. The Labute approximate surface area is 80.3 Å². The topological polar surface area (TPSA) is 38.9 Å². The molecule has 1 aromatic heterocycles. The highest BCUT2D eigenvalue weighted by molar-refractivity contribution is 9.09.